The Morgan fingerprint density at radius 3 is 2.81 bits per heavy atom. The average Bonchev–Trinajstić information content (AvgIpc) is 2.59. The van der Waals surface area contributed by atoms with E-state index in [1.165, 1.54) is 49.0 Å². The van der Waals surface area contributed by atoms with E-state index in [4.69, 9.17) is 5.73 Å². The number of anilines is 1. The molecule has 1 unspecified atom stereocenters. The Labute approximate surface area is 97.4 Å². The SMILES string of the molecule is CC(N)c1ccc2c(c1)CCN2C1CCC1. The van der Waals surface area contributed by atoms with Crippen LogP contribution in [-0.2, 0) is 6.42 Å². The molecular formula is C14H20N2. The molecule has 16 heavy (non-hydrogen) atoms. The molecule has 3 rings (SSSR count). The number of hydrogen-bond donors (Lipinski definition) is 1. The first kappa shape index (κ1) is 10.2. The van der Waals surface area contributed by atoms with Gasteiger partial charge in [-0.3, -0.25) is 0 Å². The number of rotatable bonds is 2. The lowest BCUT2D eigenvalue weighted by atomic mass is 9.91. The second-order valence-corrected chi connectivity index (χ2v) is 5.20. The Bertz CT molecular complexity index is 394. The van der Waals surface area contributed by atoms with E-state index in [9.17, 15) is 0 Å². The van der Waals surface area contributed by atoms with Gasteiger partial charge in [0.1, 0.15) is 0 Å². The lowest BCUT2D eigenvalue weighted by Gasteiger charge is -2.36. The first-order chi connectivity index (χ1) is 7.75. The summed E-state index contributed by atoms with van der Waals surface area (Å²) < 4.78 is 0. The summed E-state index contributed by atoms with van der Waals surface area (Å²) in [4.78, 5) is 2.60. The molecule has 2 heteroatoms. The molecule has 2 aliphatic rings. The molecule has 0 radical (unpaired) electrons. The van der Waals surface area contributed by atoms with Crippen molar-refractivity contribution in [2.75, 3.05) is 11.4 Å². The van der Waals surface area contributed by atoms with Crippen LogP contribution in [0.5, 0.6) is 0 Å². The van der Waals surface area contributed by atoms with Crippen molar-refractivity contribution < 1.29 is 0 Å². The van der Waals surface area contributed by atoms with Gasteiger partial charge in [-0.05, 0) is 49.8 Å². The minimum absolute atomic E-state index is 0.156. The van der Waals surface area contributed by atoms with Crippen molar-refractivity contribution in [3.8, 4) is 0 Å². The molecule has 2 nitrogen and oxygen atoms in total. The normalized spacial score (nSPS) is 21.8. The second-order valence-electron chi connectivity index (χ2n) is 5.20. The first-order valence-electron chi connectivity index (χ1n) is 6.41. The van der Waals surface area contributed by atoms with E-state index in [0.29, 0.717) is 0 Å². The van der Waals surface area contributed by atoms with Crippen molar-refractivity contribution in [1.82, 2.24) is 0 Å². The molecule has 1 heterocycles. The molecule has 0 saturated heterocycles. The number of nitrogens with zero attached hydrogens (tertiary/aromatic N) is 1. The summed E-state index contributed by atoms with van der Waals surface area (Å²) in [6.07, 6.45) is 5.38. The van der Waals surface area contributed by atoms with Crippen LogP contribution in [0.1, 0.15) is 43.4 Å². The molecule has 86 valence electrons. The first-order valence-corrected chi connectivity index (χ1v) is 6.41. The van der Waals surface area contributed by atoms with Gasteiger partial charge in [-0.25, -0.2) is 0 Å². The summed E-state index contributed by atoms with van der Waals surface area (Å²) in [7, 11) is 0. The van der Waals surface area contributed by atoms with Crippen LogP contribution in [0, 0.1) is 0 Å². The van der Waals surface area contributed by atoms with Gasteiger partial charge in [-0.15, -0.1) is 0 Å². The molecule has 1 aromatic carbocycles. The van der Waals surface area contributed by atoms with Crippen LogP contribution in [0.3, 0.4) is 0 Å². The van der Waals surface area contributed by atoms with Gasteiger partial charge in [0.2, 0.25) is 0 Å². The Morgan fingerprint density at radius 1 is 1.38 bits per heavy atom. The highest BCUT2D eigenvalue weighted by Crippen LogP contribution is 2.36. The zero-order chi connectivity index (χ0) is 11.1. The topological polar surface area (TPSA) is 29.3 Å². The lowest BCUT2D eigenvalue weighted by molar-refractivity contribution is 0.392. The van der Waals surface area contributed by atoms with Gasteiger partial charge >= 0.3 is 0 Å². The van der Waals surface area contributed by atoms with Crippen molar-refractivity contribution >= 4 is 5.69 Å². The van der Waals surface area contributed by atoms with Crippen LogP contribution < -0.4 is 10.6 Å². The highest BCUT2D eigenvalue weighted by molar-refractivity contribution is 5.60. The summed E-state index contributed by atoms with van der Waals surface area (Å²) in [5, 5.41) is 0. The molecule has 1 atom stereocenters. The summed E-state index contributed by atoms with van der Waals surface area (Å²) in [5.41, 5.74) is 10.2. The smallest absolute Gasteiger partial charge is 0.0402 e. The molecular weight excluding hydrogens is 196 g/mol. The van der Waals surface area contributed by atoms with Gasteiger partial charge in [-0.2, -0.15) is 0 Å². The summed E-state index contributed by atoms with van der Waals surface area (Å²) >= 11 is 0. The predicted molar refractivity (Wildman–Crippen MR) is 67.7 cm³/mol. The van der Waals surface area contributed by atoms with Gasteiger partial charge in [0.15, 0.2) is 0 Å². The van der Waals surface area contributed by atoms with E-state index < -0.39 is 0 Å². The van der Waals surface area contributed by atoms with Crippen LogP contribution in [-0.4, -0.2) is 12.6 Å². The summed E-state index contributed by atoms with van der Waals surface area (Å²) in [6.45, 7) is 3.27. The molecule has 1 aromatic rings. The Kier molecular flexibility index (Phi) is 2.40. The fourth-order valence-electron chi connectivity index (χ4n) is 2.81. The zero-order valence-electron chi connectivity index (χ0n) is 9.95. The van der Waals surface area contributed by atoms with E-state index in [0.717, 1.165) is 6.04 Å². The van der Waals surface area contributed by atoms with Crippen molar-refractivity contribution in [3.05, 3.63) is 29.3 Å². The van der Waals surface area contributed by atoms with E-state index in [2.05, 4.69) is 30.0 Å². The molecule has 2 N–H and O–H groups in total. The maximum Gasteiger partial charge on any atom is 0.0402 e. The maximum atomic E-state index is 5.93. The molecule has 1 saturated carbocycles. The van der Waals surface area contributed by atoms with Gasteiger partial charge in [0.05, 0.1) is 0 Å². The number of hydrogen-bond acceptors (Lipinski definition) is 2. The van der Waals surface area contributed by atoms with Crippen molar-refractivity contribution in [2.45, 2.75) is 44.7 Å². The molecule has 0 aromatic heterocycles. The lowest BCUT2D eigenvalue weighted by Crippen LogP contribution is -2.38. The van der Waals surface area contributed by atoms with E-state index >= 15 is 0 Å². The standard InChI is InChI=1S/C14H20N2/c1-10(15)11-5-6-14-12(9-11)7-8-16(14)13-3-2-4-13/h5-6,9-10,13H,2-4,7-8,15H2,1H3. The second kappa shape index (κ2) is 3.77. The Hall–Kier alpha value is -1.02. The predicted octanol–water partition coefficient (Wildman–Crippen LogP) is 2.62. The Morgan fingerprint density at radius 2 is 2.19 bits per heavy atom. The molecule has 0 spiro atoms. The summed E-state index contributed by atoms with van der Waals surface area (Å²) in [6, 6.07) is 7.75. The number of nitrogens with two attached hydrogens (primary N) is 1. The van der Waals surface area contributed by atoms with E-state index in [-0.39, 0.29) is 6.04 Å². The minimum Gasteiger partial charge on any atom is -0.368 e. The van der Waals surface area contributed by atoms with Crippen LogP contribution in [0.25, 0.3) is 0 Å². The fourth-order valence-corrected chi connectivity index (χ4v) is 2.81. The van der Waals surface area contributed by atoms with Gasteiger partial charge in [0.25, 0.3) is 0 Å². The number of fused-ring (bicyclic) bond motifs is 1. The van der Waals surface area contributed by atoms with Crippen LogP contribution in [0.4, 0.5) is 5.69 Å². The molecule has 1 fully saturated rings. The fraction of sp³-hybridized carbons (Fsp3) is 0.571. The highest BCUT2D eigenvalue weighted by Gasteiger charge is 2.29. The van der Waals surface area contributed by atoms with Crippen LogP contribution in [0.2, 0.25) is 0 Å². The average molecular weight is 216 g/mol. The number of benzene rings is 1. The quantitative estimate of drug-likeness (QED) is 0.823. The Balaban J connectivity index is 1.89. The highest BCUT2D eigenvalue weighted by atomic mass is 15.2. The van der Waals surface area contributed by atoms with Crippen molar-refractivity contribution in [1.29, 1.82) is 0 Å². The minimum atomic E-state index is 0.156. The zero-order valence-corrected chi connectivity index (χ0v) is 9.95. The third-order valence-electron chi connectivity index (χ3n) is 4.08. The maximum absolute atomic E-state index is 5.93. The van der Waals surface area contributed by atoms with E-state index in [1.807, 2.05) is 0 Å². The molecule has 1 aliphatic heterocycles. The largest absolute Gasteiger partial charge is 0.368 e. The monoisotopic (exact) mass is 216 g/mol. The molecule has 0 bridgehead atoms. The van der Waals surface area contributed by atoms with Gasteiger partial charge < -0.3 is 10.6 Å². The third kappa shape index (κ3) is 1.52. The van der Waals surface area contributed by atoms with Crippen LogP contribution in [0.15, 0.2) is 18.2 Å². The molecule has 0 amide bonds. The van der Waals surface area contributed by atoms with Crippen molar-refractivity contribution in [2.24, 2.45) is 5.73 Å². The van der Waals surface area contributed by atoms with E-state index in [1.54, 1.807) is 0 Å². The molecule has 1 aliphatic carbocycles. The van der Waals surface area contributed by atoms with Crippen molar-refractivity contribution in [3.63, 3.8) is 0 Å². The third-order valence-corrected chi connectivity index (χ3v) is 4.08. The summed E-state index contributed by atoms with van der Waals surface area (Å²) in [5.74, 6) is 0. The van der Waals surface area contributed by atoms with Crippen LogP contribution >= 0.6 is 0 Å². The van der Waals surface area contributed by atoms with Gasteiger partial charge in [0, 0.05) is 24.3 Å². The van der Waals surface area contributed by atoms with Gasteiger partial charge in [-0.1, -0.05) is 12.1 Å².